The van der Waals surface area contributed by atoms with Crippen LogP contribution in [0.15, 0.2) is 24.3 Å². The molecule has 1 nitrogen and oxygen atoms in total. The minimum absolute atomic E-state index is 0.134. The third-order valence-electron chi connectivity index (χ3n) is 3.91. The van der Waals surface area contributed by atoms with Crippen molar-refractivity contribution in [3.05, 3.63) is 30.1 Å². The molecule has 1 aliphatic heterocycles. The lowest BCUT2D eigenvalue weighted by atomic mass is 9.97. The summed E-state index contributed by atoms with van der Waals surface area (Å²) in [5.41, 5.74) is 0. The van der Waals surface area contributed by atoms with Crippen LogP contribution in [0.5, 0.6) is 0 Å². The molecule has 15 heavy (non-hydrogen) atoms. The number of hydrogen-bond acceptors (Lipinski definition) is 1. The summed E-state index contributed by atoms with van der Waals surface area (Å²) in [6, 6.07) is 6.13. The fraction of sp³-hybridized carbons (Fsp3) is 0.500. The molecule has 0 N–H and O–H groups in total. The zero-order valence-electron chi connectivity index (χ0n) is 9.33. The lowest BCUT2D eigenvalue weighted by molar-refractivity contribution is 0.403. The van der Waals surface area contributed by atoms with E-state index < -0.39 is 7.14 Å². The van der Waals surface area contributed by atoms with E-state index in [-0.39, 0.29) is 11.0 Å². The molecule has 0 aliphatic carbocycles. The molecule has 2 atom stereocenters. The summed E-state index contributed by atoms with van der Waals surface area (Å²) < 4.78 is 25.5. The van der Waals surface area contributed by atoms with Gasteiger partial charge in [-0.2, -0.15) is 0 Å². The number of benzene rings is 1. The molecule has 3 heteroatoms. The Hall–Kier alpha value is -0.620. The van der Waals surface area contributed by atoms with Gasteiger partial charge in [-0.3, -0.25) is 0 Å². The lowest BCUT2D eigenvalue weighted by Gasteiger charge is -2.50. The molecule has 0 aromatic heterocycles. The first-order valence-electron chi connectivity index (χ1n) is 5.23. The number of rotatable bonds is 1. The first kappa shape index (κ1) is 10.9. The highest BCUT2D eigenvalue weighted by molar-refractivity contribution is 7.74. The Balaban J connectivity index is 2.41. The van der Waals surface area contributed by atoms with Crippen molar-refractivity contribution in [1.29, 1.82) is 0 Å². The Morgan fingerprint density at radius 3 is 2.27 bits per heavy atom. The molecule has 0 spiro atoms. The minimum Gasteiger partial charge on any atom is -0.318 e. The van der Waals surface area contributed by atoms with E-state index in [1.807, 2.05) is 13.8 Å². The van der Waals surface area contributed by atoms with Gasteiger partial charge >= 0.3 is 0 Å². The quantitative estimate of drug-likeness (QED) is 0.672. The Labute approximate surface area is 90.1 Å². The van der Waals surface area contributed by atoms with Crippen LogP contribution in [0, 0.1) is 11.7 Å². The second-order valence-electron chi connectivity index (χ2n) is 4.95. The number of hydrogen-bond donors (Lipinski definition) is 0. The molecule has 2 rings (SSSR count). The molecule has 2 unspecified atom stereocenters. The van der Waals surface area contributed by atoms with Gasteiger partial charge in [-0.05, 0) is 30.2 Å². The van der Waals surface area contributed by atoms with Gasteiger partial charge in [0.25, 0.3) is 0 Å². The van der Waals surface area contributed by atoms with E-state index in [0.717, 1.165) is 11.5 Å². The van der Waals surface area contributed by atoms with E-state index in [2.05, 4.69) is 6.92 Å². The van der Waals surface area contributed by atoms with Crippen LogP contribution in [0.4, 0.5) is 4.39 Å². The van der Waals surface area contributed by atoms with Gasteiger partial charge in [0.1, 0.15) is 13.0 Å². The van der Waals surface area contributed by atoms with Gasteiger partial charge in [0, 0.05) is 16.6 Å². The highest BCUT2D eigenvalue weighted by Gasteiger charge is 2.55. The van der Waals surface area contributed by atoms with Crippen LogP contribution in [0.3, 0.4) is 0 Å². The third-order valence-corrected chi connectivity index (χ3v) is 8.41. The summed E-state index contributed by atoms with van der Waals surface area (Å²) in [6.07, 6.45) is 0.756. The van der Waals surface area contributed by atoms with Gasteiger partial charge in [-0.25, -0.2) is 4.39 Å². The Bertz CT molecular complexity index is 422. The molecule has 1 heterocycles. The molecule has 0 amide bonds. The second-order valence-corrected chi connectivity index (χ2v) is 8.47. The van der Waals surface area contributed by atoms with E-state index >= 15 is 0 Å². The van der Waals surface area contributed by atoms with Crippen LogP contribution in [-0.2, 0) is 4.57 Å². The average Bonchev–Trinajstić information content (AvgIpc) is 2.18. The van der Waals surface area contributed by atoms with Crippen LogP contribution < -0.4 is 5.30 Å². The standard InChI is InChI=1S/C12H16FOP/c1-9-8-15(14,12(9,2)3)11-6-4-10(13)5-7-11/h4-7,9H,8H2,1-3H3. The van der Waals surface area contributed by atoms with E-state index in [1.165, 1.54) is 12.1 Å². The maximum atomic E-state index is 12.8. The molecule has 1 saturated heterocycles. The Morgan fingerprint density at radius 2 is 1.87 bits per heavy atom. The van der Waals surface area contributed by atoms with Crippen LogP contribution in [0.2, 0.25) is 0 Å². The average molecular weight is 226 g/mol. The van der Waals surface area contributed by atoms with E-state index in [0.29, 0.717) is 5.92 Å². The zero-order chi connectivity index (χ0) is 11.3. The molecule has 0 radical (unpaired) electrons. The van der Waals surface area contributed by atoms with Crippen LogP contribution in [0.1, 0.15) is 20.8 Å². The molecule has 1 aliphatic rings. The summed E-state index contributed by atoms with van der Waals surface area (Å²) in [5, 5.41) is 0.692. The predicted octanol–water partition coefficient (Wildman–Crippen LogP) is 3.24. The monoisotopic (exact) mass is 226 g/mol. The van der Waals surface area contributed by atoms with Gasteiger partial charge < -0.3 is 4.57 Å². The Kier molecular flexibility index (Phi) is 2.31. The van der Waals surface area contributed by atoms with Crippen molar-refractivity contribution in [2.24, 2.45) is 5.92 Å². The van der Waals surface area contributed by atoms with Crippen molar-refractivity contribution >= 4 is 12.4 Å². The smallest absolute Gasteiger partial charge is 0.123 e. The fourth-order valence-electron chi connectivity index (χ4n) is 2.21. The summed E-state index contributed by atoms with van der Waals surface area (Å²) in [4.78, 5) is 0. The van der Waals surface area contributed by atoms with Crippen LogP contribution in [0.25, 0.3) is 0 Å². The summed E-state index contributed by atoms with van der Waals surface area (Å²) in [5.74, 6) is 0.213. The normalized spacial score (nSPS) is 33.5. The molecule has 1 aromatic rings. The number of halogens is 1. The topological polar surface area (TPSA) is 17.1 Å². The summed E-state index contributed by atoms with van der Waals surface area (Å²) >= 11 is 0. The molecule has 82 valence electrons. The van der Waals surface area contributed by atoms with Crippen LogP contribution in [-0.4, -0.2) is 11.3 Å². The maximum Gasteiger partial charge on any atom is 0.123 e. The molecule has 0 saturated carbocycles. The van der Waals surface area contributed by atoms with Crippen LogP contribution >= 0.6 is 7.14 Å². The van der Waals surface area contributed by atoms with Crippen molar-refractivity contribution in [2.75, 3.05) is 6.16 Å². The van der Waals surface area contributed by atoms with E-state index in [4.69, 9.17) is 0 Å². The van der Waals surface area contributed by atoms with Crippen molar-refractivity contribution in [3.8, 4) is 0 Å². The zero-order valence-corrected chi connectivity index (χ0v) is 10.2. The predicted molar refractivity (Wildman–Crippen MR) is 61.8 cm³/mol. The van der Waals surface area contributed by atoms with Crippen molar-refractivity contribution in [2.45, 2.75) is 25.9 Å². The molecule has 1 aromatic carbocycles. The molecular formula is C12H16FOP. The van der Waals surface area contributed by atoms with Crippen molar-refractivity contribution in [3.63, 3.8) is 0 Å². The maximum absolute atomic E-state index is 12.8. The molecule has 1 fully saturated rings. The molecule has 0 bridgehead atoms. The van der Waals surface area contributed by atoms with Gasteiger partial charge in [-0.1, -0.05) is 20.8 Å². The van der Waals surface area contributed by atoms with E-state index in [9.17, 15) is 8.96 Å². The van der Waals surface area contributed by atoms with Gasteiger partial charge in [0.15, 0.2) is 0 Å². The van der Waals surface area contributed by atoms with Gasteiger partial charge in [-0.15, -0.1) is 0 Å². The Morgan fingerprint density at radius 1 is 1.33 bits per heavy atom. The minimum atomic E-state index is -2.29. The second kappa shape index (κ2) is 3.18. The highest BCUT2D eigenvalue weighted by Crippen LogP contribution is 2.70. The lowest BCUT2D eigenvalue weighted by Crippen LogP contribution is -2.47. The summed E-state index contributed by atoms with van der Waals surface area (Å²) in [7, 11) is -2.29. The SMILES string of the molecule is CC1CP(=O)(c2ccc(F)cc2)C1(C)C. The fourth-order valence-corrected chi connectivity index (χ4v) is 5.89. The summed E-state index contributed by atoms with van der Waals surface area (Å²) in [6.45, 7) is 6.22. The first-order chi connectivity index (χ1) is 6.88. The third kappa shape index (κ3) is 1.38. The van der Waals surface area contributed by atoms with E-state index in [1.54, 1.807) is 12.1 Å². The van der Waals surface area contributed by atoms with Crippen molar-refractivity contribution < 1.29 is 8.96 Å². The van der Waals surface area contributed by atoms with Crippen molar-refractivity contribution in [1.82, 2.24) is 0 Å². The largest absolute Gasteiger partial charge is 0.318 e. The van der Waals surface area contributed by atoms with Gasteiger partial charge in [0.05, 0.1) is 0 Å². The first-order valence-corrected chi connectivity index (χ1v) is 7.12. The molecular weight excluding hydrogens is 210 g/mol. The van der Waals surface area contributed by atoms with Gasteiger partial charge in [0.2, 0.25) is 0 Å². The highest BCUT2D eigenvalue weighted by atomic mass is 31.2.